The predicted octanol–water partition coefficient (Wildman–Crippen LogP) is 4.06. The summed E-state index contributed by atoms with van der Waals surface area (Å²) in [6.07, 6.45) is 7.19. The minimum absolute atomic E-state index is 0.0736. The zero-order valence-corrected chi connectivity index (χ0v) is 23.5. The first kappa shape index (κ1) is 26.9. The van der Waals surface area contributed by atoms with Crippen LogP contribution in [0, 0.1) is 6.92 Å². The van der Waals surface area contributed by atoms with Gasteiger partial charge in [-0.15, -0.1) is 11.3 Å². The molecule has 3 aromatic heterocycles. The summed E-state index contributed by atoms with van der Waals surface area (Å²) in [7, 11) is 0. The molecule has 4 heterocycles. The van der Waals surface area contributed by atoms with E-state index in [1.165, 1.54) is 11.3 Å². The highest BCUT2D eigenvalue weighted by atomic mass is 32.1. The summed E-state index contributed by atoms with van der Waals surface area (Å²) in [5, 5.41) is 15.0. The highest BCUT2D eigenvalue weighted by Crippen LogP contribution is 2.27. The minimum Gasteiger partial charge on any atom is -0.374 e. The normalized spacial score (nSPS) is 15.7. The molecule has 0 spiro atoms. The molecule has 1 aromatic carbocycles. The van der Waals surface area contributed by atoms with Crippen molar-refractivity contribution in [3.8, 4) is 11.3 Å². The van der Waals surface area contributed by atoms with Crippen LogP contribution in [0.25, 0.3) is 11.3 Å². The van der Waals surface area contributed by atoms with Crippen molar-refractivity contribution in [1.29, 1.82) is 0 Å². The van der Waals surface area contributed by atoms with Gasteiger partial charge in [-0.2, -0.15) is 5.10 Å². The molecule has 1 aliphatic rings. The molecule has 0 aliphatic carbocycles. The predicted molar refractivity (Wildman–Crippen MR) is 152 cm³/mol. The number of nitrogens with one attached hydrogen (secondary N) is 3. The van der Waals surface area contributed by atoms with Crippen molar-refractivity contribution in [3.63, 3.8) is 0 Å². The number of morpholine rings is 1. The largest absolute Gasteiger partial charge is 0.374 e. The van der Waals surface area contributed by atoms with Crippen LogP contribution >= 0.6 is 11.3 Å². The number of anilines is 2. The van der Waals surface area contributed by atoms with Crippen molar-refractivity contribution in [3.05, 3.63) is 70.1 Å². The topological polar surface area (TPSA) is 119 Å². The summed E-state index contributed by atoms with van der Waals surface area (Å²) in [6, 6.07) is 8.00. The van der Waals surface area contributed by atoms with E-state index in [4.69, 9.17) is 9.72 Å². The second kappa shape index (κ2) is 11.6. The number of amides is 1. The molecular weight excluding hydrogens is 512 g/mol. The van der Waals surface area contributed by atoms with Crippen molar-refractivity contribution < 1.29 is 9.53 Å². The SMILES string of the molecule is Cc1cc(-c2ccnc(Nc3cnn(CC4CNCCO4)c3)n2)ccc1CNC(=O)c1cnc(C(C)(C)C)s1. The quantitative estimate of drug-likeness (QED) is 0.303. The average molecular weight is 547 g/mol. The molecule has 1 amide bonds. The fourth-order valence-electron chi connectivity index (χ4n) is 4.22. The molecule has 1 saturated heterocycles. The zero-order chi connectivity index (χ0) is 27.4. The number of carbonyl (C=O) groups is 1. The third-order valence-corrected chi connectivity index (χ3v) is 7.81. The molecule has 3 N–H and O–H groups in total. The molecule has 1 fully saturated rings. The summed E-state index contributed by atoms with van der Waals surface area (Å²) in [6.45, 7) is 11.9. The molecule has 0 bridgehead atoms. The second-order valence-electron chi connectivity index (χ2n) is 10.6. The molecule has 5 rings (SSSR count). The van der Waals surface area contributed by atoms with Crippen LogP contribution in [0.1, 0.15) is 46.6 Å². The molecule has 1 atom stereocenters. The Hall–Kier alpha value is -3.67. The Balaban J connectivity index is 1.20. The third kappa shape index (κ3) is 6.86. The van der Waals surface area contributed by atoms with Gasteiger partial charge in [0.2, 0.25) is 5.95 Å². The lowest BCUT2D eigenvalue weighted by Crippen LogP contribution is -2.40. The van der Waals surface area contributed by atoms with Gasteiger partial charge in [-0.05, 0) is 30.2 Å². The monoisotopic (exact) mass is 546 g/mol. The van der Waals surface area contributed by atoms with Gasteiger partial charge in [-0.1, -0.05) is 32.9 Å². The fraction of sp³-hybridized carbons (Fsp3) is 0.393. The van der Waals surface area contributed by atoms with Gasteiger partial charge >= 0.3 is 0 Å². The van der Waals surface area contributed by atoms with E-state index in [0.29, 0.717) is 23.9 Å². The number of hydrogen-bond acceptors (Lipinski definition) is 9. The highest BCUT2D eigenvalue weighted by molar-refractivity contribution is 7.13. The van der Waals surface area contributed by atoms with Gasteiger partial charge in [-0.3, -0.25) is 9.48 Å². The van der Waals surface area contributed by atoms with Crippen LogP contribution in [0.4, 0.5) is 11.6 Å². The molecule has 1 aliphatic heterocycles. The van der Waals surface area contributed by atoms with Crippen LogP contribution in [0.15, 0.2) is 49.1 Å². The summed E-state index contributed by atoms with van der Waals surface area (Å²) in [5.74, 6) is 0.389. The Kier molecular flexibility index (Phi) is 8.01. The van der Waals surface area contributed by atoms with Crippen molar-refractivity contribution in [1.82, 2.24) is 35.4 Å². The Morgan fingerprint density at radius 1 is 1.23 bits per heavy atom. The van der Waals surface area contributed by atoms with Crippen LogP contribution in [0.3, 0.4) is 0 Å². The van der Waals surface area contributed by atoms with Gasteiger partial charge in [0.25, 0.3) is 5.91 Å². The standard InChI is InChI=1S/C28H34N8O2S/c1-18-11-19(5-6-20(18)12-31-25(37)24-15-32-26(39-24)28(2,3)4)23-7-8-30-27(35-23)34-21-13-33-36(16-21)17-22-14-29-9-10-38-22/h5-8,11,13,15-16,22,29H,9-10,12,14,17H2,1-4H3,(H,31,37)(H,30,34,35). The van der Waals surface area contributed by atoms with Crippen molar-refractivity contribution in [2.75, 3.05) is 25.0 Å². The number of hydrogen-bond donors (Lipinski definition) is 3. The zero-order valence-electron chi connectivity index (χ0n) is 22.7. The van der Waals surface area contributed by atoms with E-state index < -0.39 is 0 Å². The third-order valence-electron chi connectivity index (χ3n) is 6.39. The van der Waals surface area contributed by atoms with Crippen LogP contribution in [-0.4, -0.2) is 56.4 Å². The lowest BCUT2D eigenvalue weighted by atomic mass is 9.98. The first-order valence-corrected chi connectivity index (χ1v) is 13.9. The van der Waals surface area contributed by atoms with Crippen molar-refractivity contribution >= 4 is 28.9 Å². The van der Waals surface area contributed by atoms with Gasteiger partial charge in [0.15, 0.2) is 0 Å². The van der Waals surface area contributed by atoms with E-state index in [1.807, 2.05) is 36.0 Å². The lowest BCUT2D eigenvalue weighted by Gasteiger charge is -2.23. The molecule has 204 valence electrons. The first-order valence-electron chi connectivity index (χ1n) is 13.0. The smallest absolute Gasteiger partial charge is 0.263 e. The van der Waals surface area contributed by atoms with Crippen LogP contribution in [0.5, 0.6) is 0 Å². The van der Waals surface area contributed by atoms with Crippen LogP contribution in [0.2, 0.25) is 0 Å². The molecule has 4 aromatic rings. The Labute approximate surface area is 232 Å². The molecule has 10 nitrogen and oxygen atoms in total. The maximum absolute atomic E-state index is 12.7. The number of benzene rings is 1. The number of ether oxygens (including phenoxy) is 1. The van der Waals surface area contributed by atoms with E-state index >= 15 is 0 Å². The van der Waals surface area contributed by atoms with Crippen molar-refractivity contribution in [2.24, 2.45) is 0 Å². The Morgan fingerprint density at radius 2 is 2.10 bits per heavy atom. The highest BCUT2D eigenvalue weighted by Gasteiger charge is 2.20. The molecule has 0 radical (unpaired) electrons. The van der Waals surface area contributed by atoms with Gasteiger partial charge in [0.1, 0.15) is 4.88 Å². The van der Waals surface area contributed by atoms with Gasteiger partial charge in [0, 0.05) is 43.0 Å². The van der Waals surface area contributed by atoms with Crippen LogP contribution < -0.4 is 16.0 Å². The number of aromatic nitrogens is 5. The van der Waals surface area contributed by atoms with E-state index in [1.54, 1.807) is 18.6 Å². The average Bonchev–Trinajstić information content (AvgIpc) is 3.59. The van der Waals surface area contributed by atoms with Gasteiger partial charge in [0.05, 0.1) is 48.0 Å². The Morgan fingerprint density at radius 3 is 2.85 bits per heavy atom. The number of carbonyl (C=O) groups excluding carboxylic acids is 1. The first-order chi connectivity index (χ1) is 18.7. The fourth-order valence-corrected chi connectivity index (χ4v) is 5.11. The number of rotatable bonds is 8. The minimum atomic E-state index is -0.107. The summed E-state index contributed by atoms with van der Waals surface area (Å²) in [5.41, 5.74) is 4.64. The van der Waals surface area contributed by atoms with Gasteiger partial charge in [-0.25, -0.2) is 15.0 Å². The lowest BCUT2D eigenvalue weighted by molar-refractivity contribution is 0.0161. The van der Waals surface area contributed by atoms with E-state index in [9.17, 15) is 4.79 Å². The molecule has 11 heteroatoms. The molecule has 39 heavy (non-hydrogen) atoms. The summed E-state index contributed by atoms with van der Waals surface area (Å²) < 4.78 is 7.62. The van der Waals surface area contributed by atoms with E-state index in [2.05, 4.69) is 57.9 Å². The second-order valence-corrected chi connectivity index (χ2v) is 11.7. The van der Waals surface area contributed by atoms with Crippen LogP contribution in [-0.2, 0) is 23.2 Å². The molecule has 0 saturated carbocycles. The number of thiazole rings is 1. The maximum Gasteiger partial charge on any atom is 0.263 e. The van der Waals surface area contributed by atoms with Gasteiger partial charge < -0.3 is 20.7 Å². The summed E-state index contributed by atoms with van der Waals surface area (Å²) >= 11 is 1.44. The van der Waals surface area contributed by atoms with Crippen molar-refractivity contribution in [2.45, 2.75) is 52.3 Å². The Bertz CT molecular complexity index is 1440. The summed E-state index contributed by atoms with van der Waals surface area (Å²) in [4.78, 5) is 26.8. The number of nitrogens with zero attached hydrogens (tertiary/aromatic N) is 5. The maximum atomic E-state index is 12.7. The molecule has 1 unspecified atom stereocenters. The van der Waals surface area contributed by atoms with E-state index in [-0.39, 0.29) is 17.4 Å². The molecular formula is C28H34N8O2S. The number of aryl methyl sites for hydroxylation is 1. The van der Waals surface area contributed by atoms with E-state index in [0.717, 1.165) is 52.8 Å².